The Balaban J connectivity index is 1.88. The van der Waals surface area contributed by atoms with Crippen molar-refractivity contribution < 1.29 is 4.79 Å². The fourth-order valence-corrected chi connectivity index (χ4v) is 3.10. The van der Waals surface area contributed by atoms with E-state index in [0.717, 1.165) is 32.5 Å². The Hall–Kier alpha value is -1.15. The summed E-state index contributed by atoms with van der Waals surface area (Å²) in [5, 5.41) is 0. The van der Waals surface area contributed by atoms with Gasteiger partial charge in [0.25, 0.3) is 0 Å². The maximum Gasteiger partial charge on any atom is 0.139 e. The molecule has 2 saturated heterocycles. The van der Waals surface area contributed by atoms with Crippen molar-refractivity contribution in [2.75, 3.05) is 19.6 Å². The van der Waals surface area contributed by atoms with Crippen molar-refractivity contribution in [3.63, 3.8) is 0 Å². The predicted molar refractivity (Wildman–Crippen MR) is 63.4 cm³/mol. The van der Waals surface area contributed by atoms with Gasteiger partial charge >= 0.3 is 0 Å². The van der Waals surface area contributed by atoms with Crippen LogP contribution in [0.5, 0.6) is 0 Å². The molecule has 16 heavy (non-hydrogen) atoms. The van der Waals surface area contributed by atoms with Crippen LogP contribution in [0.3, 0.4) is 0 Å². The molecule has 3 unspecified atom stereocenters. The lowest BCUT2D eigenvalue weighted by molar-refractivity contribution is -0.128. The highest BCUT2D eigenvalue weighted by Crippen LogP contribution is 2.36. The molecule has 0 spiro atoms. The average molecular weight is 215 g/mol. The molecule has 0 amide bonds. The third-order valence-corrected chi connectivity index (χ3v) is 4.01. The maximum absolute atomic E-state index is 12.0. The fraction of sp³-hybridized carbons (Fsp3) is 0.500. The van der Waals surface area contributed by atoms with Crippen LogP contribution in [0.15, 0.2) is 30.3 Å². The number of nitrogens with zero attached hydrogens (tertiary/aromatic N) is 1. The molecule has 2 heterocycles. The Bertz CT molecular complexity index is 387. The van der Waals surface area contributed by atoms with Gasteiger partial charge in [-0.2, -0.15) is 0 Å². The molecule has 3 rings (SSSR count). The molecule has 0 aliphatic carbocycles. The van der Waals surface area contributed by atoms with Crippen LogP contribution in [0.1, 0.15) is 24.3 Å². The molecule has 2 aliphatic heterocycles. The highest BCUT2D eigenvalue weighted by atomic mass is 16.1. The Morgan fingerprint density at radius 1 is 1.06 bits per heavy atom. The minimum atomic E-state index is 0.255. The zero-order chi connectivity index (χ0) is 11.0. The lowest BCUT2D eigenvalue weighted by Crippen LogP contribution is -2.48. The van der Waals surface area contributed by atoms with Gasteiger partial charge in [0.1, 0.15) is 5.78 Å². The molecule has 2 fully saturated rings. The first-order chi connectivity index (χ1) is 7.84. The Labute approximate surface area is 96.3 Å². The first kappa shape index (κ1) is 10.0. The van der Waals surface area contributed by atoms with Gasteiger partial charge in [0, 0.05) is 25.4 Å². The second kappa shape index (κ2) is 4.02. The van der Waals surface area contributed by atoms with E-state index >= 15 is 0 Å². The number of hydrogen-bond donors (Lipinski definition) is 0. The zero-order valence-corrected chi connectivity index (χ0v) is 9.43. The van der Waals surface area contributed by atoms with Crippen LogP contribution in [-0.4, -0.2) is 30.3 Å². The SMILES string of the molecule is O=C1CCN2CCC(c3ccccc3)C1C2. The van der Waals surface area contributed by atoms with Crippen LogP contribution in [0.4, 0.5) is 0 Å². The van der Waals surface area contributed by atoms with E-state index in [1.54, 1.807) is 0 Å². The Morgan fingerprint density at radius 3 is 2.69 bits per heavy atom. The molecule has 0 aromatic heterocycles. The van der Waals surface area contributed by atoms with E-state index in [-0.39, 0.29) is 5.92 Å². The summed E-state index contributed by atoms with van der Waals surface area (Å²) in [6, 6.07) is 10.5. The molecule has 0 N–H and O–H groups in total. The van der Waals surface area contributed by atoms with Gasteiger partial charge in [-0.1, -0.05) is 30.3 Å². The van der Waals surface area contributed by atoms with Crippen molar-refractivity contribution in [1.82, 2.24) is 4.90 Å². The first-order valence-corrected chi connectivity index (χ1v) is 6.14. The van der Waals surface area contributed by atoms with Crippen molar-refractivity contribution in [2.24, 2.45) is 5.92 Å². The summed E-state index contributed by atoms with van der Waals surface area (Å²) in [6.45, 7) is 3.12. The highest BCUT2D eigenvalue weighted by Gasteiger charge is 2.37. The molecule has 84 valence electrons. The molecule has 2 nitrogen and oxygen atoms in total. The summed E-state index contributed by atoms with van der Waals surface area (Å²) in [4.78, 5) is 14.4. The number of rotatable bonds is 1. The van der Waals surface area contributed by atoms with Crippen LogP contribution < -0.4 is 0 Å². The van der Waals surface area contributed by atoms with E-state index < -0.39 is 0 Å². The third kappa shape index (κ3) is 1.67. The van der Waals surface area contributed by atoms with Gasteiger partial charge in [0.2, 0.25) is 0 Å². The number of carbonyl (C=O) groups is 1. The van der Waals surface area contributed by atoms with E-state index in [2.05, 4.69) is 29.2 Å². The molecular formula is C14H17NO. The van der Waals surface area contributed by atoms with Gasteiger partial charge in [-0.3, -0.25) is 4.79 Å². The van der Waals surface area contributed by atoms with Crippen LogP contribution in [0.2, 0.25) is 0 Å². The standard InChI is InChI=1S/C14H17NO/c16-14-7-9-15-8-6-12(13(14)10-15)11-4-2-1-3-5-11/h1-5,12-13H,6-10H2. The first-order valence-electron chi connectivity index (χ1n) is 6.14. The van der Waals surface area contributed by atoms with Gasteiger partial charge in [-0.05, 0) is 24.4 Å². The summed E-state index contributed by atoms with van der Waals surface area (Å²) in [5.41, 5.74) is 1.35. The van der Waals surface area contributed by atoms with Crippen molar-refractivity contribution in [1.29, 1.82) is 0 Å². The number of hydrogen-bond acceptors (Lipinski definition) is 2. The van der Waals surface area contributed by atoms with Crippen molar-refractivity contribution >= 4 is 5.78 Å². The number of fused-ring (bicyclic) bond motifs is 2. The molecule has 2 bridgehead atoms. The largest absolute Gasteiger partial charge is 0.302 e. The summed E-state index contributed by atoms with van der Waals surface area (Å²) < 4.78 is 0. The van der Waals surface area contributed by atoms with Crippen molar-refractivity contribution in [3.8, 4) is 0 Å². The molecule has 1 aromatic rings. The summed E-state index contributed by atoms with van der Waals surface area (Å²) in [7, 11) is 0. The van der Waals surface area contributed by atoms with Gasteiger partial charge < -0.3 is 4.90 Å². The monoisotopic (exact) mass is 215 g/mol. The number of benzene rings is 1. The second-order valence-corrected chi connectivity index (χ2v) is 4.93. The molecule has 3 atom stereocenters. The molecule has 0 radical (unpaired) electrons. The van der Waals surface area contributed by atoms with Crippen LogP contribution in [0.25, 0.3) is 0 Å². The third-order valence-electron chi connectivity index (χ3n) is 4.01. The van der Waals surface area contributed by atoms with E-state index in [1.807, 2.05) is 6.07 Å². The minimum absolute atomic E-state index is 0.255. The molecule has 0 saturated carbocycles. The zero-order valence-electron chi connectivity index (χ0n) is 9.43. The van der Waals surface area contributed by atoms with Gasteiger partial charge in [0.15, 0.2) is 0 Å². The number of carbonyl (C=O) groups excluding carboxylic acids is 1. The normalized spacial score (nSPS) is 33.8. The highest BCUT2D eigenvalue weighted by molar-refractivity contribution is 5.83. The van der Waals surface area contributed by atoms with Gasteiger partial charge in [-0.15, -0.1) is 0 Å². The average Bonchev–Trinajstić information content (AvgIpc) is 2.36. The van der Waals surface area contributed by atoms with Gasteiger partial charge in [-0.25, -0.2) is 0 Å². The predicted octanol–water partition coefficient (Wildman–Crippen LogP) is 2.06. The quantitative estimate of drug-likeness (QED) is 0.714. The summed E-state index contributed by atoms with van der Waals surface area (Å²) >= 11 is 0. The number of Topliss-reactive ketones (excluding diaryl/α,β-unsaturated/α-hetero) is 1. The number of piperidine rings is 2. The topological polar surface area (TPSA) is 20.3 Å². The number of ketones is 1. The fourth-order valence-electron chi connectivity index (χ4n) is 3.10. The Morgan fingerprint density at radius 2 is 1.88 bits per heavy atom. The summed E-state index contributed by atoms with van der Waals surface area (Å²) in [6.07, 6.45) is 1.90. The lowest BCUT2D eigenvalue weighted by Gasteiger charge is -2.41. The van der Waals surface area contributed by atoms with Crippen LogP contribution >= 0.6 is 0 Å². The van der Waals surface area contributed by atoms with Crippen molar-refractivity contribution in [2.45, 2.75) is 18.8 Å². The second-order valence-electron chi connectivity index (χ2n) is 4.93. The molecular weight excluding hydrogens is 198 g/mol. The molecule has 2 aliphatic rings. The molecule has 2 heteroatoms. The maximum atomic E-state index is 12.0. The van der Waals surface area contributed by atoms with E-state index in [0.29, 0.717) is 11.7 Å². The molecule has 1 aromatic carbocycles. The Kier molecular flexibility index (Phi) is 2.52. The smallest absolute Gasteiger partial charge is 0.139 e. The van der Waals surface area contributed by atoms with Crippen LogP contribution in [0, 0.1) is 5.92 Å². The van der Waals surface area contributed by atoms with Crippen LogP contribution in [-0.2, 0) is 4.79 Å². The van der Waals surface area contributed by atoms with Crippen molar-refractivity contribution in [3.05, 3.63) is 35.9 Å². The van der Waals surface area contributed by atoms with E-state index in [1.165, 1.54) is 5.56 Å². The summed E-state index contributed by atoms with van der Waals surface area (Å²) in [5.74, 6) is 1.19. The minimum Gasteiger partial charge on any atom is -0.302 e. The van der Waals surface area contributed by atoms with E-state index in [4.69, 9.17) is 0 Å². The van der Waals surface area contributed by atoms with E-state index in [9.17, 15) is 4.79 Å². The van der Waals surface area contributed by atoms with Gasteiger partial charge in [0.05, 0.1) is 0 Å². The lowest BCUT2D eigenvalue weighted by atomic mass is 9.75.